The highest BCUT2D eigenvalue weighted by Crippen LogP contribution is 2.36. The van der Waals surface area contributed by atoms with E-state index >= 15 is 0 Å². The Hall–Kier alpha value is -2.84. The van der Waals surface area contributed by atoms with Crippen molar-refractivity contribution in [2.45, 2.75) is 16.0 Å². The second-order valence-electron chi connectivity index (χ2n) is 5.68. The highest BCUT2D eigenvalue weighted by molar-refractivity contribution is 8.00. The lowest BCUT2D eigenvalue weighted by molar-refractivity contribution is -0.388. The van der Waals surface area contributed by atoms with Crippen LogP contribution in [0.15, 0.2) is 46.2 Å². The maximum Gasteiger partial charge on any atom is 0.416 e. The topological polar surface area (TPSA) is 142 Å². The van der Waals surface area contributed by atoms with Gasteiger partial charge >= 0.3 is 6.18 Å². The highest BCUT2D eigenvalue weighted by atomic mass is 32.2. The van der Waals surface area contributed by atoms with Gasteiger partial charge in [0.2, 0.25) is 15.9 Å². The zero-order valence-electron chi connectivity index (χ0n) is 15.1. The summed E-state index contributed by atoms with van der Waals surface area (Å²) in [6, 6.07) is 5.65. The van der Waals surface area contributed by atoms with E-state index in [1.807, 2.05) is 0 Å². The Morgan fingerprint density at radius 3 is 2.47 bits per heavy atom. The highest BCUT2D eigenvalue weighted by Gasteiger charge is 2.33. The van der Waals surface area contributed by atoms with Crippen LogP contribution in [0.1, 0.15) is 5.56 Å². The standard InChI is InChI=1S/C16H14F3N3O6S2/c1-28-12-4-3-10(7-14(12)30(20,26)27)21-15(23)8-29-13-5-2-9(16(17,18)19)6-11(13)22(24)25/h2-7H,8H2,1H3,(H,21,23)(H2,20,26,27). The van der Waals surface area contributed by atoms with Gasteiger partial charge in [-0.05, 0) is 30.3 Å². The quantitative estimate of drug-likeness (QED) is 0.364. The van der Waals surface area contributed by atoms with Crippen molar-refractivity contribution in [3.8, 4) is 5.75 Å². The summed E-state index contributed by atoms with van der Waals surface area (Å²) >= 11 is 0.651. The molecular weight excluding hydrogens is 451 g/mol. The Bertz CT molecular complexity index is 1090. The molecule has 1 amide bonds. The summed E-state index contributed by atoms with van der Waals surface area (Å²) in [5.74, 6) is -1.10. The predicted octanol–water partition coefficient (Wildman–Crippen LogP) is 3.00. The summed E-state index contributed by atoms with van der Waals surface area (Å²) in [6.07, 6.45) is -4.75. The van der Waals surface area contributed by atoms with Crippen molar-refractivity contribution in [2.24, 2.45) is 5.14 Å². The predicted molar refractivity (Wildman–Crippen MR) is 102 cm³/mol. The van der Waals surface area contributed by atoms with Gasteiger partial charge in [-0.25, -0.2) is 13.6 Å². The molecule has 0 aromatic heterocycles. The molecule has 2 aromatic carbocycles. The fraction of sp³-hybridized carbons (Fsp3) is 0.188. The van der Waals surface area contributed by atoms with Crippen LogP contribution < -0.4 is 15.2 Å². The summed E-state index contributed by atoms with van der Waals surface area (Å²) in [4.78, 5) is 21.7. The smallest absolute Gasteiger partial charge is 0.416 e. The molecule has 0 aliphatic rings. The second-order valence-corrected chi connectivity index (χ2v) is 8.23. The van der Waals surface area contributed by atoms with Crippen molar-refractivity contribution < 1.29 is 36.0 Å². The van der Waals surface area contributed by atoms with Crippen LogP contribution in [0.5, 0.6) is 5.75 Å². The number of ether oxygens (including phenoxy) is 1. The number of nitrogens with zero attached hydrogens (tertiary/aromatic N) is 1. The molecule has 0 saturated heterocycles. The Kier molecular flexibility index (Phi) is 6.95. The van der Waals surface area contributed by atoms with E-state index in [0.717, 1.165) is 12.1 Å². The van der Waals surface area contributed by atoms with Gasteiger partial charge in [0.15, 0.2) is 0 Å². The average Bonchev–Trinajstić information content (AvgIpc) is 2.64. The number of benzene rings is 2. The molecule has 0 radical (unpaired) electrons. The first-order valence-electron chi connectivity index (χ1n) is 7.82. The van der Waals surface area contributed by atoms with E-state index in [2.05, 4.69) is 5.32 Å². The van der Waals surface area contributed by atoms with Crippen molar-refractivity contribution in [3.63, 3.8) is 0 Å². The number of hydrogen-bond acceptors (Lipinski definition) is 7. The molecular formula is C16H14F3N3O6S2. The monoisotopic (exact) mass is 465 g/mol. The van der Waals surface area contributed by atoms with Gasteiger partial charge in [-0.3, -0.25) is 14.9 Å². The van der Waals surface area contributed by atoms with E-state index in [-0.39, 0.29) is 27.0 Å². The first-order chi connectivity index (χ1) is 13.8. The molecule has 0 bridgehead atoms. The number of methoxy groups -OCH3 is 1. The lowest BCUT2D eigenvalue weighted by atomic mass is 10.2. The van der Waals surface area contributed by atoms with Crippen LogP contribution in [0, 0.1) is 10.1 Å². The number of nitrogens with one attached hydrogen (secondary N) is 1. The van der Waals surface area contributed by atoms with E-state index in [0.29, 0.717) is 23.9 Å². The number of nitro groups is 1. The number of sulfonamides is 1. The van der Waals surface area contributed by atoms with E-state index in [1.54, 1.807) is 0 Å². The average molecular weight is 465 g/mol. The van der Waals surface area contributed by atoms with Crippen molar-refractivity contribution >= 4 is 39.1 Å². The summed E-state index contributed by atoms with van der Waals surface area (Å²) in [6.45, 7) is 0. The van der Waals surface area contributed by atoms with Crippen LogP contribution in [0.25, 0.3) is 0 Å². The van der Waals surface area contributed by atoms with Crippen LogP contribution in [0.2, 0.25) is 0 Å². The van der Waals surface area contributed by atoms with Gasteiger partial charge in [0.05, 0.1) is 28.2 Å². The number of carbonyl (C=O) groups excluding carboxylic acids is 1. The third-order valence-electron chi connectivity index (χ3n) is 3.60. The SMILES string of the molecule is COc1ccc(NC(=O)CSc2ccc(C(F)(F)F)cc2[N+](=O)[O-])cc1S(N)(=O)=O. The largest absolute Gasteiger partial charge is 0.495 e. The Balaban J connectivity index is 2.16. The van der Waals surface area contributed by atoms with Gasteiger partial charge in [-0.15, -0.1) is 11.8 Å². The molecule has 0 unspecified atom stereocenters. The molecule has 2 aromatic rings. The molecule has 14 heteroatoms. The van der Waals surface area contributed by atoms with Gasteiger partial charge < -0.3 is 10.1 Å². The number of hydrogen-bond donors (Lipinski definition) is 2. The number of rotatable bonds is 7. The van der Waals surface area contributed by atoms with Crippen LogP contribution in [0.4, 0.5) is 24.5 Å². The second kappa shape index (κ2) is 8.89. The summed E-state index contributed by atoms with van der Waals surface area (Å²) in [7, 11) is -2.91. The third kappa shape index (κ3) is 5.84. The maximum absolute atomic E-state index is 12.7. The first kappa shape index (κ1) is 23.4. The van der Waals surface area contributed by atoms with Crippen LogP contribution >= 0.6 is 11.8 Å². The number of nitrogens with two attached hydrogens (primary N) is 1. The minimum absolute atomic E-state index is 0.0368. The molecule has 0 heterocycles. The fourth-order valence-electron chi connectivity index (χ4n) is 2.28. The number of primary sulfonamides is 1. The Morgan fingerprint density at radius 2 is 1.93 bits per heavy atom. The van der Waals surface area contributed by atoms with Crippen LogP contribution in [0.3, 0.4) is 0 Å². The van der Waals surface area contributed by atoms with Crippen molar-refractivity contribution in [1.82, 2.24) is 0 Å². The van der Waals surface area contributed by atoms with E-state index < -0.39 is 38.3 Å². The minimum Gasteiger partial charge on any atom is -0.495 e. The van der Waals surface area contributed by atoms with Gasteiger partial charge in [-0.2, -0.15) is 13.2 Å². The molecule has 0 fully saturated rings. The minimum atomic E-state index is -4.75. The molecule has 162 valence electrons. The number of halogens is 3. The van der Waals surface area contributed by atoms with Gasteiger partial charge in [0.1, 0.15) is 10.6 Å². The lowest BCUT2D eigenvalue weighted by Crippen LogP contribution is -2.17. The molecule has 0 atom stereocenters. The number of alkyl halides is 3. The Labute approximate surface area is 172 Å². The summed E-state index contributed by atoms with van der Waals surface area (Å²) in [5, 5.41) is 18.5. The number of nitro benzene ring substituents is 1. The van der Waals surface area contributed by atoms with Gasteiger partial charge in [-0.1, -0.05) is 0 Å². The van der Waals surface area contributed by atoms with Crippen molar-refractivity contribution in [1.29, 1.82) is 0 Å². The normalized spacial score (nSPS) is 11.8. The molecule has 0 spiro atoms. The number of anilines is 1. The number of thioether (sulfide) groups is 1. The lowest BCUT2D eigenvalue weighted by Gasteiger charge is -2.11. The van der Waals surface area contributed by atoms with E-state index in [1.165, 1.54) is 19.2 Å². The van der Waals surface area contributed by atoms with Crippen LogP contribution in [-0.4, -0.2) is 32.1 Å². The van der Waals surface area contributed by atoms with E-state index in [4.69, 9.17) is 9.88 Å². The molecule has 3 N–H and O–H groups in total. The number of amides is 1. The molecule has 0 saturated carbocycles. The van der Waals surface area contributed by atoms with E-state index in [9.17, 15) is 36.5 Å². The number of carbonyl (C=O) groups is 1. The van der Waals surface area contributed by atoms with Crippen molar-refractivity contribution in [3.05, 3.63) is 52.1 Å². The van der Waals surface area contributed by atoms with Gasteiger partial charge in [0.25, 0.3) is 5.69 Å². The third-order valence-corrected chi connectivity index (χ3v) is 5.59. The zero-order valence-corrected chi connectivity index (χ0v) is 16.7. The summed E-state index contributed by atoms with van der Waals surface area (Å²) in [5.41, 5.74) is -1.91. The maximum atomic E-state index is 12.7. The molecule has 0 aliphatic carbocycles. The fourth-order valence-corrected chi connectivity index (χ4v) is 3.80. The van der Waals surface area contributed by atoms with Crippen molar-refractivity contribution in [2.75, 3.05) is 18.2 Å². The zero-order chi connectivity index (χ0) is 22.7. The van der Waals surface area contributed by atoms with Gasteiger partial charge in [0, 0.05) is 11.8 Å². The first-order valence-corrected chi connectivity index (χ1v) is 10.3. The summed E-state index contributed by atoms with van der Waals surface area (Å²) < 4.78 is 66.3. The molecule has 9 nitrogen and oxygen atoms in total. The van der Waals surface area contributed by atoms with Crippen LogP contribution in [-0.2, 0) is 21.0 Å². The molecule has 2 rings (SSSR count). The molecule has 0 aliphatic heterocycles. The molecule has 30 heavy (non-hydrogen) atoms. The Morgan fingerprint density at radius 1 is 1.27 bits per heavy atom.